The number of benzene rings is 1. The molecule has 0 atom stereocenters. The van der Waals surface area contributed by atoms with E-state index in [1.807, 2.05) is 5.43 Å². The molecule has 0 radical (unpaired) electrons. The number of carbonyl (C=O) groups is 1. The summed E-state index contributed by atoms with van der Waals surface area (Å²) in [5, 5.41) is 0. The van der Waals surface area contributed by atoms with Crippen LogP contribution >= 0.6 is 0 Å². The minimum absolute atomic E-state index is 0. The standard InChI is InChI=1S/C6H5F.C2H6N2O.H2O/c7-6-4-2-1-3-5-6;1-2(5)4-3;/h1-5H;3H2,1H3,(H,4,5);1H2. The van der Waals surface area contributed by atoms with Crippen LogP contribution in [0.4, 0.5) is 4.39 Å². The fourth-order valence-electron chi connectivity index (χ4n) is 0.415. The molecule has 0 spiro atoms. The van der Waals surface area contributed by atoms with Gasteiger partial charge in [-0.15, -0.1) is 0 Å². The number of nitrogens with two attached hydrogens (primary N) is 1. The van der Waals surface area contributed by atoms with Gasteiger partial charge in [-0.1, -0.05) is 18.2 Å². The lowest BCUT2D eigenvalue weighted by molar-refractivity contribution is -0.119. The maximum atomic E-state index is 11.9. The van der Waals surface area contributed by atoms with Crippen LogP contribution in [0.2, 0.25) is 0 Å². The SMILES string of the molecule is CC(=O)NN.Fc1ccccc1.O. The molecule has 0 bridgehead atoms. The average molecular weight is 188 g/mol. The number of carbonyl (C=O) groups excluding carboxylic acids is 1. The fraction of sp³-hybridized carbons (Fsp3) is 0.125. The Morgan fingerprint density at radius 1 is 1.38 bits per heavy atom. The van der Waals surface area contributed by atoms with E-state index in [0.717, 1.165) is 0 Å². The molecule has 0 unspecified atom stereocenters. The Morgan fingerprint density at radius 2 is 1.77 bits per heavy atom. The second-order valence-electron chi connectivity index (χ2n) is 2.00. The zero-order valence-corrected chi connectivity index (χ0v) is 7.25. The molecule has 1 rings (SSSR count). The van der Waals surface area contributed by atoms with Crippen molar-refractivity contribution in [3.63, 3.8) is 0 Å². The number of hydrogen-bond donors (Lipinski definition) is 2. The van der Waals surface area contributed by atoms with Gasteiger partial charge in [0.15, 0.2) is 0 Å². The number of halogens is 1. The first-order chi connectivity index (χ1) is 5.66. The molecule has 13 heavy (non-hydrogen) atoms. The van der Waals surface area contributed by atoms with Crippen molar-refractivity contribution in [3.8, 4) is 0 Å². The molecular formula is C8H13FN2O2. The highest BCUT2D eigenvalue weighted by atomic mass is 19.1. The monoisotopic (exact) mass is 188 g/mol. The Hall–Kier alpha value is -1.46. The fourth-order valence-corrected chi connectivity index (χ4v) is 0.415. The van der Waals surface area contributed by atoms with Crippen molar-refractivity contribution >= 4 is 5.91 Å². The van der Waals surface area contributed by atoms with Gasteiger partial charge in [-0.25, -0.2) is 10.2 Å². The topological polar surface area (TPSA) is 86.6 Å². The van der Waals surface area contributed by atoms with Crippen LogP contribution < -0.4 is 11.3 Å². The minimum Gasteiger partial charge on any atom is -0.412 e. The van der Waals surface area contributed by atoms with Gasteiger partial charge in [0.2, 0.25) is 5.91 Å². The molecule has 5 N–H and O–H groups in total. The number of hydrazine groups is 1. The molecule has 0 aliphatic rings. The van der Waals surface area contributed by atoms with Crippen LogP contribution in [0, 0.1) is 5.82 Å². The first-order valence-corrected chi connectivity index (χ1v) is 3.34. The Kier molecular flexibility index (Phi) is 9.36. The molecular weight excluding hydrogens is 175 g/mol. The van der Waals surface area contributed by atoms with Crippen LogP contribution in [-0.4, -0.2) is 11.4 Å². The molecule has 0 aliphatic carbocycles. The summed E-state index contributed by atoms with van der Waals surface area (Å²) < 4.78 is 11.9. The van der Waals surface area contributed by atoms with Gasteiger partial charge in [0.25, 0.3) is 0 Å². The predicted molar refractivity (Wildman–Crippen MR) is 48.0 cm³/mol. The maximum Gasteiger partial charge on any atom is 0.230 e. The van der Waals surface area contributed by atoms with E-state index in [9.17, 15) is 9.18 Å². The molecule has 0 aliphatic heterocycles. The first kappa shape index (κ1) is 14.1. The van der Waals surface area contributed by atoms with E-state index in [-0.39, 0.29) is 17.2 Å². The van der Waals surface area contributed by atoms with E-state index in [1.54, 1.807) is 18.2 Å². The van der Waals surface area contributed by atoms with Gasteiger partial charge in [0.1, 0.15) is 5.82 Å². The molecule has 5 heteroatoms. The molecule has 0 heterocycles. The number of hydrogen-bond acceptors (Lipinski definition) is 2. The second kappa shape index (κ2) is 8.63. The van der Waals surface area contributed by atoms with E-state index < -0.39 is 0 Å². The minimum atomic E-state index is -0.218. The summed E-state index contributed by atoms with van der Waals surface area (Å²) >= 11 is 0. The van der Waals surface area contributed by atoms with E-state index in [0.29, 0.717) is 0 Å². The molecule has 0 fully saturated rings. The highest BCUT2D eigenvalue weighted by Crippen LogP contribution is 1.91. The van der Waals surface area contributed by atoms with Crippen molar-refractivity contribution in [1.82, 2.24) is 5.43 Å². The van der Waals surface area contributed by atoms with Crippen LogP contribution in [0.15, 0.2) is 30.3 Å². The average Bonchev–Trinajstić information content (AvgIpc) is 2.07. The van der Waals surface area contributed by atoms with Crippen molar-refractivity contribution in [2.45, 2.75) is 6.92 Å². The number of rotatable bonds is 0. The third-order valence-corrected chi connectivity index (χ3v) is 0.936. The normalized spacial score (nSPS) is 7.31. The van der Waals surface area contributed by atoms with Gasteiger partial charge >= 0.3 is 0 Å². The van der Waals surface area contributed by atoms with Crippen molar-refractivity contribution in [2.75, 3.05) is 0 Å². The van der Waals surface area contributed by atoms with Crippen LogP contribution in [0.3, 0.4) is 0 Å². The van der Waals surface area contributed by atoms with Gasteiger partial charge in [0.05, 0.1) is 0 Å². The molecule has 1 aromatic rings. The summed E-state index contributed by atoms with van der Waals surface area (Å²) in [6, 6.07) is 7.94. The van der Waals surface area contributed by atoms with Gasteiger partial charge < -0.3 is 5.48 Å². The lowest BCUT2D eigenvalue weighted by Crippen LogP contribution is -2.26. The quantitative estimate of drug-likeness (QED) is 0.341. The summed E-state index contributed by atoms with van der Waals surface area (Å²) in [6.45, 7) is 1.35. The van der Waals surface area contributed by atoms with E-state index in [4.69, 9.17) is 0 Å². The molecule has 0 aromatic heterocycles. The Morgan fingerprint density at radius 3 is 1.92 bits per heavy atom. The lowest BCUT2D eigenvalue weighted by Gasteiger charge is -1.80. The largest absolute Gasteiger partial charge is 0.412 e. The van der Waals surface area contributed by atoms with Gasteiger partial charge in [0, 0.05) is 6.92 Å². The van der Waals surface area contributed by atoms with Crippen LogP contribution in [0.1, 0.15) is 6.92 Å². The van der Waals surface area contributed by atoms with Crippen molar-refractivity contribution in [2.24, 2.45) is 5.84 Å². The van der Waals surface area contributed by atoms with Gasteiger partial charge in [-0.05, 0) is 12.1 Å². The third-order valence-electron chi connectivity index (χ3n) is 0.936. The van der Waals surface area contributed by atoms with Gasteiger partial charge in [-0.2, -0.15) is 0 Å². The second-order valence-corrected chi connectivity index (χ2v) is 2.00. The molecule has 4 nitrogen and oxygen atoms in total. The van der Waals surface area contributed by atoms with Crippen molar-refractivity contribution in [1.29, 1.82) is 0 Å². The summed E-state index contributed by atoms with van der Waals surface area (Å²) in [6.07, 6.45) is 0. The van der Waals surface area contributed by atoms with E-state index >= 15 is 0 Å². The highest BCUT2D eigenvalue weighted by Gasteiger charge is 1.77. The maximum absolute atomic E-state index is 11.9. The Bertz CT molecular complexity index is 229. The molecule has 1 amide bonds. The summed E-state index contributed by atoms with van der Waals surface area (Å²) in [4.78, 5) is 9.58. The van der Waals surface area contributed by atoms with Crippen molar-refractivity contribution in [3.05, 3.63) is 36.1 Å². The number of nitrogens with one attached hydrogen (secondary N) is 1. The van der Waals surface area contributed by atoms with Crippen molar-refractivity contribution < 1.29 is 14.7 Å². The van der Waals surface area contributed by atoms with Crippen LogP contribution in [0.25, 0.3) is 0 Å². The summed E-state index contributed by atoms with van der Waals surface area (Å²) in [5.41, 5.74) is 1.89. The summed E-state index contributed by atoms with van der Waals surface area (Å²) in [5.74, 6) is 4.18. The lowest BCUT2D eigenvalue weighted by atomic mass is 10.4. The molecule has 0 saturated heterocycles. The zero-order chi connectivity index (χ0) is 9.40. The predicted octanol–water partition coefficient (Wildman–Crippen LogP) is -0.00280. The molecule has 0 saturated carbocycles. The van der Waals surface area contributed by atoms with Gasteiger partial charge in [-0.3, -0.25) is 10.2 Å². The third kappa shape index (κ3) is 10.5. The van der Waals surface area contributed by atoms with Crippen LogP contribution in [-0.2, 0) is 4.79 Å². The zero-order valence-electron chi connectivity index (χ0n) is 7.25. The highest BCUT2D eigenvalue weighted by molar-refractivity contribution is 5.71. The number of amides is 1. The Labute approximate surface area is 75.8 Å². The van der Waals surface area contributed by atoms with E-state index in [2.05, 4.69) is 5.84 Å². The Balaban J connectivity index is 0. The smallest absolute Gasteiger partial charge is 0.230 e. The summed E-state index contributed by atoms with van der Waals surface area (Å²) in [7, 11) is 0. The van der Waals surface area contributed by atoms with E-state index in [1.165, 1.54) is 19.1 Å². The molecule has 74 valence electrons. The van der Waals surface area contributed by atoms with Crippen LogP contribution in [0.5, 0.6) is 0 Å². The molecule has 1 aromatic carbocycles. The first-order valence-electron chi connectivity index (χ1n) is 3.34.